The van der Waals surface area contributed by atoms with Crippen LogP contribution in [-0.2, 0) is 11.2 Å². The second-order valence-corrected chi connectivity index (χ2v) is 7.45. The number of carbonyl (C=O) groups excluding carboxylic acids is 1. The third-order valence-corrected chi connectivity index (χ3v) is 5.19. The minimum atomic E-state index is 0.173. The van der Waals surface area contributed by atoms with Crippen LogP contribution in [0.25, 0.3) is 22.0 Å². The average Bonchev–Trinajstić information content (AvgIpc) is 2.92. The molecule has 4 rings (SSSR count). The molecule has 0 aliphatic carbocycles. The highest BCUT2D eigenvalue weighted by atomic mass is 16.1. The van der Waals surface area contributed by atoms with Gasteiger partial charge in [-0.3, -0.25) is 14.7 Å². The Balaban J connectivity index is 1.47. The number of carbonyl (C=O) groups is 1. The highest BCUT2D eigenvalue weighted by Gasteiger charge is 2.16. The Morgan fingerprint density at radius 3 is 2.86 bits per heavy atom. The van der Waals surface area contributed by atoms with Crippen molar-refractivity contribution in [2.75, 3.05) is 39.8 Å². The van der Waals surface area contributed by atoms with E-state index in [1.54, 1.807) is 12.4 Å². The molecule has 1 saturated heterocycles. The van der Waals surface area contributed by atoms with Gasteiger partial charge in [0.2, 0.25) is 0 Å². The summed E-state index contributed by atoms with van der Waals surface area (Å²) in [7, 11) is 2.13. The number of fused-ring (bicyclic) bond motifs is 1. The Morgan fingerprint density at radius 1 is 1.07 bits per heavy atom. The zero-order chi connectivity index (χ0) is 19.3. The first-order valence-corrected chi connectivity index (χ1v) is 9.76. The number of hydrogen-bond acceptors (Lipinski definition) is 6. The number of pyridine rings is 1. The van der Waals surface area contributed by atoms with Gasteiger partial charge in [-0.25, -0.2) is 9.97 Å². The van der Waals surface area contributed by atoms with Gasteiger partial charge in [0.05, 0.1) is 18.5 Å². The number of Topliss-reactive ketones (excluding diaryl/α,β-unsaturated/α-hetero) is 1. The molecule has 1 fully saturated rings. The molecule has 0 bridgehead atoms. The molecule has 0 N–H and O–H groups in total. The van der Waals surface area contributed by atoms with Gasteiger partial charge in [-0.15, -0.1) is 0 Å². The summed E-state index contributed by atoms with van der Waals surface area (Å²) in [5, 5.41) is 0.972. The number of likely N-dealkylation sites (N-methyl/N-ethyl adjacent to an activating group) is 1. The Hall–Kier alpha value is -2.70. The second-order valence-electron chi connectivity index (χ2n) is 7.45. The lowest BCUT2D eigenvalue weighted by molar-refractivity contribution is -0.119. The van der Waals surface area contributed by atoms with Gasteiger partial charge >= 0.3 is 0 Å². The standard InChI is InChI=1S/C22H25N5O/c1-26-8-3-9-27(11-10-26)16-20(28)13-22-24-15-19-6-5-17(12-21(19)25-22)18-4-2-7-23-14-18/h2,4-7,12,14-15H,3,8-11,13,16H2,1H3. The number of nitrogens with zero attached hydrogens (tertiary/aromatic N) is 5. The summed E-state index contributed by atoms with van der Waals surface area (Å²) < 4.78 is 0. The molecule has 0 spiro atoms. The smallest absolute Gasteiger partial charge is 0.154 e. The van der Waals surface area contributed by atoms with Crippen molar-refractivity contribution in [2.24, 2.45) is 0 Å². The topological polar surface area (TPSA) is 62.2 Å². The number of rotatable bonds is 5. The molecule has 1 aliphatic heterocycles. The van der Waals surface area contributed by atoms with Gasteiger partial charge in [0.1, 0.15) is 5.82 Å². The summed E-state index contributed by atoms with van der Waals surface area (Å²) in [6, 6.07) is 10.0. The van der Waals surface area contributed by atoms with E-state index in [2.05, 4.69) is 31.8 Å². The highest BCUT2D eigenvalue weighted by molar-refractivity contribution is 5.85. The number of aromatic nitrogens is 3. The lowest BCUT2D eigenvalue weighted by Crippen LogP contribution is -2.34. The van der Waals surface area contributed by atoms with Crippen molar-refractivity contribution in [3.63, 3.8) is 0 Å². The average molecular weight is 375 g/mol. The van der Waals surface area contributed by atoms with E-state index >= 15 is 0 Å². The molecular formula is C22H25N5O. The first-order valence-electron chi connectivity index (χ1n) is 9.76. The van der Waals surface area contributed by atoms with Crippen LogP contribution in [0.15, 0.2) is 48.9 Å². The molecule has 0 amide bonds. The number of ketones is 1. The van der Waals surface area contributed by atoms with Crippen LogP contribution in [-0.4, -0.2) is 70.3 Å². The summed E-state index contributed by atoms with van der Waals surface area (Å²) >= 11 is 0. The zero-order valence-electron chi connectivity index (χ0n) is 16.2. The van der Waals surface area contributed by atoms with Gasteiger partial charge in [-0.1, -0.05) is 18.2 Å². The Labute approximate surface area is 165 Å². The normalized spacial score (nSPS) is 16.2. The quantitative estimate of drug-likeness (QED) is 0.683. The maximum absolute atomic E-state index is 12.6. The van der Waals surface area contributed by atoms with Gasteiger partial charge in [0.25, 0.3) is 0 Å². The van der Waals surface area contributed by atoms with Crippen molar-refractivity contribution in [2.45, 2.75) is 12.8 Å². The second kappa shape index (κ2) is 8.54. The Kier molecular flexibility index (Phi) is 5.69. The summed E-state index contributed by atoms with van der Waals surface area (Å²) in [6.07, 6.45) is 6.79. The van der Waals surface area contributed by atoms with Gasteiger partial charge in [-0.2, -0.15) is 0 Å². The fourth-order valence-electron chi connectivity index (χ4n) is 3.60. The molecule has 3 heterocycles. The van der Waals surface area contributed by atoms with E-state index in [-0.39, 0.29) is 12.2 Å². The van der Waals surface area contributed by atoms with Crippen molar-refractivity contribution in [3.05, 3.63) is 54.7 Å². The van der Waals surface area contributed by atoms with Crippen LogP contribution in [0.2, 0.25) is 0 Å². The van der Waals surface area contributed by atoms with E-state index in [4.69, 9.17) is 0 Å². The minimum absolute atomic E-state index is 0.173. The summed E-state index contributed by atoms with van der Waals surface area (Å²) in [5.74, 6) is 0.764. The third kappa shape index (κ3) is 4.58. The van der Waals surface area contributed by atoms with Gasteiger partial charge in [0.15, 0.2) is 5.78 Å². The largest absolute Gasteiger partial charge is 0.305 e. The van der Waals surface area contributed by atoms with Crippen molar-refractivity contribution in [1.82, 2.24) is 24.8 Å². The molecule has 144 valence electrons. The van der Waals surface area contributed by atoms with E-state index in [9.17, 15) is 4.79 Å². The van der Waals surface area contributed by atoms with Crippen LogP contribution >= 0.6 is 0 Å². The number of hydrogen-bond donors (Lipinski definition) is 0. The molecule has 0 radical (unpaired) electrons. The molecular weight excluding hydrogens is 350 g/mol. The molecule has 0 unspecified atom stereocenters. The summed E-state index contributed by atoms with van der Waals surface area (Å²) in [5.41, 5.74) is 2.97. The Bertz CT molecular complexity index is 960. The molecule has 1 aliphatic rings. The predicted molar refractivity (Wildman–Crippen MR) is 110 cm³/mol. The zero-order valence-corrected chi connectivity index (χ0v) is 16.2. The monoisotopic (exact) mass is 375 g/mol. The fraction of sp³-hybridized carbons (Fsp3) is 0.364. The highest BCUT2D eigenvalue weighted by Crippen LogP contribution is 2.22. The van der Waals surface area contributed by atoms with Gasteiger partial charge in [0, 0.05) is 42.6 Å². The van der Waals surface area contributed by atoms with Gasteiger partial charge < -0.3 is 4.90 Å². The lowest BCUT2D eigenvalue weighted by atomic mass is 10.1. The first-order chi connectivity index (χ1) is 13.7. The van der Waals surface area contributed by atoms with E-state index in [0.717, 1.165) is 54.6 Å². The van der Waals surface area contributed by atoms with Crippen LogP contribution in [0.4, 0.5) is 0 Å². The number of benzene rings is 1. The van der Waals surface area contributed by atoms with E-state index in [0.29, 0.717) is 12.4 Å². The molecule has 0 atom stereocenters. The van der Waals surface area contributed by atoms with Crippen molar-refractivity contribution in [3.8, 4) is 11.1 Å². The van der Waals surface area contributed by atoms with Crippen LogP contribution < -0.4 is 0 Å². The molecule has 3 aromatic rings. The van der Waals surface area contributed by atoms with E-state index < -0.39 is 0 Å². The van der Waals surface area contributed by atoms with Crippen LogP contribution in [0.5, 0.6) is 0 Å². The predicted octanol–water partition coefficient (Wildman–Crippen LogP) is 2.44. The SMILES string of the molecule is CN1CCCN(CC(=O)Cc2ncc3ccc(-c4cccnc4)cc3n2)CC1. The van der Waals surface area contributed by atoms with Crippen molar-refractivity contribution in [1.29, 1.82) is 0 Å². The van der Waals surface area contributed by atoms with Crippen LogP contribution in [0.1, 0.15) is 12.2 Å². The maximum Gasteiger partial charge on any atom is 0.154 e. The van der Waals surface area contributed by atoms with Crippen molar-refractivity contribution >= 4 is 16.7 Å². The van der Waals surface area contributed by atoms with E-state index in [1.807, 2.05) is 36.5 Å². The lowest BCUT2D eigenvalue weighted by Gasteiger charge is -2.18. The molecule has 28 heavy (non-hydrogen) atoms. The molecule has 0 saturated carbocycles. The maximum atomic E-state index is 12.6. The van der Waals surface area contributed by atoms with Gasteiger partial charge in [-0.05, 0) is 44.3 Å². The van der Waals surface area contributed by atoms with Crippen LogP contribution in [0.3, 0.4) is 0 Å². The van der Waals surface area contributed by atoms with Crippen LogP contribution in [0, 0.1) is 0 Å². The third-order valence-electron chi connectivity index (χ3n) is 5.19. The molecule has 6 heteroatoms. The molecule has 6 nitrogen and oxygen atoms in total. The molecule has 2 aromatic heterocycles. The van der Waals surface area contributed by atoms with E-state index in [1.165, 1.54) is 0 Å². The first kappa shape index (κ1) is 18.7. The summed E-state index contributed by atoms with van der Waals surface area (Å²) in [6.45, 7) is 4.50. The fourth-order valence-corrected chi connectivity index (χ4v) is 3.60. The van der Waals surface area contributed by atoms with Crippen molar-refractivity contribution < 1.29 is 4.79 Å². The Morgan fingerprint density at radius 2 is 2.00 bits per heavy atom. The molecule has 1 aromatic carbocycles. The minimum Gasteiger partial charge on any atom is -0.305 e. The summed E-state index contributed by atoms with van der Waals surface area (Å²) in [4.78, 5) is 30.3.